The summed E-state index contributed by atoms with van der Waals surface area (Å²) in [5.74, 6) is -0.103. The molecule has 2 aromatic rings. The van der Waals surface area contributed by atoms with Gasteiger partial charge in [-0.1, -0.05) is 0 Å². The third-order valence-electron chi connectivity index (χ3n) is 2.46. The molecule has 21 heavy (non-hydrogen) atoms. The summed E-state index contributed by atoms with van der Waals surface area (Å²) in [5.41, 5.74) is 0.356. The monoisotopic (exact) mass is 300 g/mol. The molecule has 0 saturated heterocycles. The molecule has 0 saturated carbocycles. The van der Waals surface area contributed by atoms with Crippen molar-refractivity contribution in [2.75, 3.05) is 5.32 Å². The number of hydrogen-bond acceptors (Lipinski definition) is 7. The van der Waals surface area contributed by atoms with E-state index >= 15 is 0 Å². The first kappa shape index (κ1) is 14.2. The number of nitrogens with zero attached hydrogens (tertiary/aromatic N) is 5. The van der Waals surface area contributed by atoms with Gasteiger partial charge in [0.15, 0.2) is 0 Å². The van der Waals surface area contributed by atoms with Gasteiger partial charge in [0, 0.05) is 5.69 Å². The molecule has 0 aliphatic heterocycles. The standard InChI is InChI=1S/C12H5ClN6O2/c13-12-16-6-10(19(20)21)11(18-12)17-9-2-1-7(4-14)8(3-9)5-15/h1-3,6H,(H,16,17,18). The van der Waals surface area contributed by atoms with E-state index in [2.05, 4.69) is 15.3 Å². The Kier molecular flexibility index (Phi) is 3.93. The summed E-state index contributed by atoms with van der Waals surface area (Å²) >= 11 is 5.61. The Balaban J connectivity index is 2.44. The van der Waals surface area contributed by atoms with E-state index in [1.165, 1.54) is 18.2 Å². The van der Waals surface area contributed by atoms with Crippen molar-refractivity contribution >= 4 is 28.8 Å². The molecule has 0 unspecified atom stereocenters. The van der Waals surface area contributed by atoms with Crippen LogP contribution >= 0.6 is 11.6 Å². The number of aromatic nitrogens is 2. The third kappa shape index (κ3) is 3.03. The molecule has 0 fully saturated rings. The van der Waals surface area contributed by atoms with E-state index in [9.17, 15) is 10.1 Å². The van der Waals surface area contributed by atoms with Crippen LogP contribution in [0, 0.1) is 32.8 Å². The van der Waals surface area contributed by atoms with Gasteiger partial charge in [0.1, 0.15) is 18.3 Å². The minimum absolute atomic E-state index is 0.103. The van der Waals surface area contributed by atoms with Crippen molar-refractivity contribution in [3.63, 3.8) is 0 Å². The van der Waals surface area contributed by atoms with E-state index in [-0.39, 0.29) is 27.9 Å². The van der Waals surface area contributed by atoms with Crippen molar-refractivity contribution in [1.82, 2.24) is 9.97 Å². The van der Waals surface area contributed by atoms with Crippen molar-refractivity contribution in [2.24, 2.45) is 0 Å². The van der Waals surface area contributed by atoms with Crippen molar-refractivity contribution in [1.29, 1.82) is 10.5 Å². The lowest BCUT2D eigenvalue weighted by atomic mass is 10.1. The number of nitro groups is 1. The molecule has 1 N–H and O–H groups in total. The Morgan fingerprint density at radius 2 is 2.00 bits per heavy atom. The average molecular weight is 301 g/mol. The Morgan fingerprint density at radius 3 is 2.62 bits per heavy atom. The zero-order valence-electron chi connectivity index (χ0n) is 10.2. The molecule has 102 valence electrons. The molecule has 0 radical (unpaired) electrons. The van der Waals surface area contributed by atoms with Gasteiger partial charge in [0.25, 0.3) is 0 Å². The molecule has 1 aromatic carbocycles. The summed E-state index contributed by atoms with van der Waals surface area (Å²) in [7, 11) is 0. The van der Waals surface area contributed by atoms with E-state index in [4.69, 9.17) is 22.1 Å². The fourth-order valence-electron chi connectivity index (χ4n) is 1.53. The number of nitriles is 2. The predicted octanol–water partition coefficient (Wildman–Crippen LogP) is 2.53. The molecule has 0 bridgehead atoms. The van der Waals surface area contributed by atoms with Crippen LogP contribution in [0.2, 0.25) is 5.28 Å². The van der Waals surface area contributed by atoms with Crippen molar-refractivity contribution < 1.29 is 4.92 Å². The summed E-state index contributed by atoms with van der Waals surface area (Å²) in [5, 5.41) is 31.2. The molecule has 1 aromatic heterocycles. The van der Waals surface area contributed by atoms with Gasteiger partial charge < -0.3 is 5.32 Å². The van der Waals surface area contributed by atoms with Crippen LogP contribution in [0.1, 0.15) is 11.1 Å². The van der Waals surface area contributed by atoms with Crippen LogP contribution in [0.25, 0.3) is 0 Å². The lowest BCUT2D eigenvalue weighted by Crippen LogP contribution is -2.01. The summed E-state index contributed by atoms with van der Waals surface area (Å²) in [6, 6.07) is 8.05. The molecule has 0 aliphatic rings. The smallest absolute Gasteiger partial charge is 0.329 e. The van der Waals surface area contributed by atoms with Crippen molar-refractivity contribution in [3.8, 4) is 12.1 Å². The molecule has 0 spiro atoms. The quantitative estimate of drug-likeness (QED) is 0.523. The highest BCUT2D eigenvalue weighted by atomic mass is 35.5. The van der Waals surface area contributed by atoms with Gasteiger partial charge in [-0.15, -0.1) is 0 Å². The van der Waals surface area contributed by atoms with Crippen LogP contribution in [0.15, 0.2) is 24.4 Å². The molecular formula is C12H5ClN6O2. The van der Waals surface area contributed by atoms with E-state index in [1.54, 1.807) is 0 Å². The highest BCUT2D eigenvalue weighted by Crippen LogP contribution is 2.26. The first-order valence-corrected chi connectivity index (χ1v) is 5.81. The van der Waals surface area contributed by atoms with Gasteiger partial charge >= 0.3 is 5.69 Å². The largest absolute Gasteiger partial charge is 0.334 e. The zero-order valence-corrected chi connectivity index (χ0v) is 11.0. The lowest BCUT2D eigenvalue weighted by Gasteiger charge is -2.06. The maximum atomic E-state index is 10.9. The third-order valence-corrected chi connectivity index (χ3v) is 2.64. The fraction of sp³-hybridized carbons (Fsp3) is 0. The number of hydrogen-bond donors (Lipinski definition) is 1. The SMILES string of the molecule is N#Cc1ccc(Nc2nc(Cl)ncc2[N+](=O)[O-])cc1C#N. The van der Waals surface area contributed by atoms with Crippen LogP contribution in [-0.4, -0.2) is 14.9 Å². The molecule has 0 aliphatic carbocycles. The topological polar surface area (TPSA) is 129 Å². The molecule has 2 rings (SSSR count). The summed E-state index contributed by atoms with van der Waals surface area (Å²) < 4.78 is 0. The first-order valence-electron chi connectivity index (χ1n) is 5.43. The van der Waals surface area contributed by atoms with Gasteiger partial charge in [-0.25, -0.2) is 4.98 Å². The second-order valence-corrected chi connectivity index (χ2v) is 4.08. The Hall–Kier alpha value is -3.23. The van der Waals surface area contributed by atoms with Crippen molar-refractivity contribution in [3.05, 3.63) is 50.9 Å². The van der Waals surface area contributed by atoms with E-state index in [0.29, 0.717) is 5.69 Å². The van der Waals surface area contributed by atoms with Gasteiger partial charge in [0.05, 0.1) is 16.1 Å². The Labute approximate surface area is 123 Å². The van der Waals surface area contributed by atoms with Crippen LogP contribution in [0.4, 0.5) is 17.2 Å². The van der Waals surface area contributed by atoms with Crippen molar-refractivity contribution in [2.45, 2.75) is 0 Å². The maximum Gasteiger partial charge on any atom is 0.329 e. The molecule has 0 amide bonds. The molecule has 1 heterocycles. The minimum atomic E-state index is -0.659. The Bertz CT molecular complexity index is 808. The van der Waals surface area contributed by atoms with E-state index in [0.717, 1.165) is 6.20 Å². The average Bonchev–Trinajstić information content (AvgIpc) is 2.46. The van der Waals surface area contributed by atoms with E-state index in [1.807, 2.05) is 12.1 Å². The number of nitrogens with one attached hydrogen (secondary N) is 1. The van der Waals surface area contributed by atoms with Crippen LogP contribution in [0.3, 0.4) is 0 Å². The number of rotatable bonds is 3. The maximum absolute atomic E-state index is 10.9. The highest BCUT2D eigenvalue weighted by Gasteiger charge is 2.17. The van der Waals surface area contributed by atoms with Gasteiger partial charge in [-0.05, 0) is 29.8 Å². The summed E-state index contributed by atoms with van der Waals surface area (Å²) in [4.78, 5) is 17.5. The second kappa shape index (κ2) is 5.82. The summed E-state index contributed by atoms with van der Waals surface area (Å²) in [6.45, 7) is 0. The van der Waals surface area contributed by atoms with Crippen LogP contribution < -0.4 is 5.32 Å². The molecule has 0 atom stereocenters. The van der Waals surface area contributed by atoms with Gasteiger partial charge in [0.2, 0.25) is 11.1 Å². The molecule has 9 heteroatoms. The number of anilines is 2. The molecular weight excluding hydrogens is 296 g/mol. The highest BCUT2D eigenvalue weighted by molar-refractivity contribution is 6.28. The second-order valence-electron chi connectivity index (χ2n) is 3.74. The van der Waals surface area contributed by atoms with E-state index < -0.39 is 4.92 Å². The lowest BCUT2D eigenvalue weighted by molar-refractivity contribution is -0.384. The van der Waals surface area contributed by atoms with Crippen LogP contribution in [0.5, 0.6) is 0 Å². The van der Waals surface area contributed by atoms with Gasteiger partial charge in [-0.2, -0.15) is 15.5 Å². The Morgan fingerprint density at radius 1 is 1.29 bits per heavy atom. The van der Waals surface area contributed by atoms with Crippen LogP contribution in [-0.2, 0) is 0 Å². The predicted molar refractivity (Wildman–Crippen MR) is 72.9 cm³/mol. The minimum Gasteiger partial charge on any atom is -0.334 e. The normalized spacial score (nSPS) is 9.48. The zero-order chi connectivity index (χ0) is 15.4. The fourth-order valence-corrected chi connectivity index (χ4v) is 1.66. The molecule has 8 nitrogen and oxygen atoms in total. The summed E-state index contributed by atoms with van der Waals surface area (Å²) in [6.07, 6.45) is 0.979. The van der Waals surface area contributed by atoms with Gasteiger partial charge in [-0.3, -0.25) is 10.1 Å². The number of halogens is 1. The number of benzene rings is 1. The first-order chi connectivity index (χ1) is 10.0.